The minimum atomic E-state index is -2.70. The van der Waals surface area contributed by atoms with Gasteiger partial charge < -0.3 is 0 Å². The smallest absolute Gasteiger partial charge is 0.207 e. The average Bonchev–Trinajstić information content (AvgIpc) is 2.91. The molecule has 1 heterocycles. The van der Waals surface area contributed by atoms with Crippen LogP contribution in [0, 0.1) is 11.9 Å². The quantitative estimate of drug-likeness (QED) is 0.697. The van der Waals surface area contributed by atoms with E-state index in [1.165, 1.54) is 24.4 Å². The SMILES string of the molecule is C[N+]1(c2ccc(F)cc2-c2ccc(Cl)cc2)C=[C]C(C(F)F)=N1. The molecule has 0 N–H and O–H groups in total. The van der Waals surface area contributed by atoms with Crippen LogP contribution >= 0.6 is 11.6 Å². The van der Waals surface area contributed by atoms with Crippen LogP contribution in [0.5, 0.6) is 0 Å². The van der Waals surface area contributed by atoms with Crippen LogP contribution in [0.25, 0.3) is 11.1 Å². The molecular formula is C17H12ClF3N2+. The molecule has 0 spiro atoms. The summed E-state index contributed by atoms with van der Waals surface area (Å²) in [5, 5.41) is 4.57. The molecule has 2 nitrogen and oxygen atoms in total. The molecule has 2 aromatic rings. The summed E-state index contributed by atoms with van der Waals surface area (Å²) in [5.74, 6) is -0.421. The second-order valence-electron chi connectivity index (χ2n) is 5.25. The summed E-state index contributed by atoms with van der Waals surface area (Å²) in [7, 11) is 1.63. The fraction of sp³-hybridized carbons (Fsp3) is 0.118. The Morgan fingerprint density at radius 1 is 1.13 bits per heavy atom. The molecule has 1 unspecified atom stereocenters. The van der Waals surface area contributed by atoms with Gasteiger partial charge in [0.1, 0.15) is 19.1 Å². The van der Waals surface area contributed by atoms with Crippen molar-refractivity contribution in [3.8, 4) is 11.1 Å². The van der Waals surface area contributed by atoms with Crippen LogP contribution in [0.2, 0.25) is 5.02 Å². The first-order valence-electron chi connectivity index (χ1n) is 6.80. The Balaban J connectivity index is 2.14. The number of rotatable bonds is 3. The van der Waals surface area contributed by atoms with Gasteiger partial charge in [0.25, 0.3) is 6.43 Å². The zero-order valence-electron chi connectivity index (χ0n) is 12.1. The maximum atomic E-state index is 13.7. The van der Waals surface area contributed by atoms with E-state index in [4.69, 9.17) is 11.6 Å². The lowest BCUT2D eigenvalue weighted by Gasteiger charge is -2.23. The van der Waals surface area contributed by atoms with E-state index in [0.717, 1.165) is 5.56 Å². The first-order chi connectivity index (χ1) is 10.9. The number of hydrogen-bond acceptors (Lipinski definition) is 1. The molecule has 0 amide bonds. The third kappa shape index (κ3) is 3.02. The van der Waals surface area contributed by atoms with Crippen molar-refractivity contribution in [2.75, 3.05) is 7.05 Å². The van der Waals surface area contributed by atoms with Crippen molar-refractivity contribution in [1.29, 1.82) is 0 Å². The highest BCUT2D eigenvalue weighted by Gasteiger charge is 2.34. The van der Waals surface area contributed by atoms with Crippen molar-refractivity contribution in [1.82, 2.24) is 4.59 Å². The van der Waals surface area contributed by atoms with E-state index in [1.807, 2.05) is 0 Å². The van der Waals surface area contributed by atoms with Crippen molar-refractivity contribution < 1.29 is 13.2 Å². The second-order valence-corrected chi connectivity index (χ2v) is 5.69. The van der Waals surface area contributed by atoms with E-state index in [9.17, 15) is 13.2 Å². The summed E-state index contributed by atoms with van der Waals surface area (Å²) in [6.45, 7) is 0. The number of halogens is 4. The molecule has 1 radical (unpaired) electrons. The topological polar surface area (TPSA) is 12.4 Å². The van der Waals surface area contributed by atoms with Gasteiger partial charge in [0.15, 0.2) is 11.4 Å². The van der Waals surface area contributed by atoms with Gasteiger partial charge in [0, 0.05) is 16.7 Å². The molecule has 0 aromatic heterocycles. The molecule has 1 aliphatic rings. The molecule has 6 heteroatoms. The van der Waals surface area contributed by atoms with Gasteiger partial charge in [-0.2, -0.15) is 0 Å². The van der Waals surface area contributed by atoms with E-state index >= 15 is 0 Å². The first kappa shape index (κ1) is 15.8. The summed E-state index contributed by atoms with van der Waals surface area (Å²) in [4.78, 5) is 0. The Labute approximate surface area is 136 Å². The number of allylic oxidation sites excluding steroid dienone is 1. The van der Waals surface area contributed by atoms with Crippen LogP contribution in [0.4, 0.5) is 18.9 Å². The third-order valence-corrected chi connectivity index (χ3v) is 3.84. The molecule has 2 aromatic carbocycles. The monoisotopic (exact) mass is 336 g/mol. The second kappa shape index (κ2) is 5.83. The lowest BCUT2D eigenvalue weighted by molar-refractivity contribution is 0.225. The maximum Gasteiger partial charge on any atom is 0.286 e. The molecule has 117 valence electrons. The minimum absolute atomic E-state index is 0.252. The van der Waals surface area contributed by atoms with E-state index in [0.29, 0.717) is 16.3 Å². The van der Waals surface area contributed by atoms with Crippen LogP contribution in [-0.4, -0.2) is 19.2 Å². The molecule has 0 bridgehead atoms. The molecule has 23 heavy (non-hydrogen) atoms. The zero-order valence-corrected chi connectivity index (χ0v) is 12.9. The standard InChI is InChI=1S/C17H12ClF3N2/c1-23(9-8-15(22-23)17(20)21)16-7-6-13(19)10-14(16)11-2-4-12(18)5-3-11/h2-7,9-10,17H,1H3/q+1. The molecule has 0 fully saturated rings. The van der Waals surface area contributed by atoms with Crippen molar-refractivity contribution in [3.63, 3.8) is 0 Å². The Hall–Kier alpha value is -2.11. The fourth-order valence-corrected chi connectivity index (χ4v) is 2.59. The zero-order chi connectivity index (χ0) is 16.6. The molecular weight excluding hydrogens is 325 g/mol. The van der Waals surface area contributed by atoms with Gasteiger partial charge in [-0.05, 0) is 29.8 Å². The summed E-state index contributed by atoms with van der Waals surface area (Å²) < 4.78 is 39.1. The predicted octanol–water partition coefficient (Wildman–Crippen LogP) is 5.03. The van der Waals surface area contributed by atoms with Gasteiger partial charge in [-0.3, -0.25) is 0 Å². The number of benzene rings is 2. The molecule has 1 aliphatic heterocycles. The van der Waals surface area contributed by atoms with E-state index in [2.05, 4.69) is 11.2 Å². The Morgan fingerprint density at radius 3 is 2.43 bits per heavy atom. The van der Waals surface area contributed by atoms with Crippen LogP contribution in [0.3, 0.4) is 0 Å². The van der Waals surface area contributed by atoms with Crippen molar-refractivity contribution >= 4 is 23.0 Å². The van der Waals surface area contributed by atoms with Gasteiger partial charge in [-0.25, -0.2) is 13.2 Å². The van der Waals surface area contributed by atoms with Crippen LogP contribution in [-0.2, 0) is 0 Å². The number of nitrogens with zero attached hydrogens (tertiary/aromatic N) is 2. The summed E-state index contributed by atoms with van der Waals surface area (Å²) in [6, 6.07) is 11.0. The first-order valence-corrected chi connectivity index (χ1v) is 7.18. The Morgan fingerprint density at radius 2 is 1.83 bits per heavy atom. The maximum absolute atomic E-state index is 13.7. The average molecular weight is 337 g/mol. The van der Waals surface area contributed by atoms with Gasteiger partial charge in [0.05, 0.1) is 6.08 Å². The van der Waals surface area contributed by atoms with Crippen LogP contribution < -0.4 is 4.59 Å². The fourth-order valence-electron chi connectivity index (χ4n) is 2.47. The van der Waals surface area contributed by atoms with E-state index in [1.54, 1.807) is 31.3 Å². The van der Waals surface area contributed by atoms with Crippen molar-refractivity contribution in [2.45, 2.75) is 6.43 Å². The van der Waals surface area contributed by atoms with Gasteiger partial charge in [-0.15, -0.1) is 4.59 Å². The minimum Gasteiger partial charge on any atom is -0.207 e. The normalized spacial score (nSPS) is 20.2. The van der Waals surface area contributed by atoms with E-state index < -0.39 is 18.0 Å². The predicted molar refractivity (Wildman–Crippen MR) is 85.8 cm³/mol. The Kier molecular flexibility index (Phi) is 4.00. The van der Waals surface area contributed by atoms with E-state index in [-0.39, 0.29) is 4.59 Å². The molecule has 0 saturated heterocycles. The molecule has 1 atom stereocenters. The number of alkyl halides is 2. The lowest BCUT2D eigenvalue weighted by atomic mass is 10.0. The highest BCUT2D eigenvalue weighted by molar-refractivity contribution is 6.30. The van der Waals surface area contributed by atoms with Crippen LogP contribution in [0.15, 0.2) is 53.8 Å². The van der Waals surface area contributed by atoms with Crippen molar-refractivity contribution in [2.24, 2.45) is 5.10 Å². The summed E-state index contributed by atoms with van der Waals surface area (Å²) in [6.07, 6.45) is 1.20. The van der Waals surface area contributed by atoms with Gasteiger partial charge in [0.2, 0.25) is 0 Å². The highest BCUT2D eigenvalue weighted by atomic mass is 35.5. The number of hydrogen-bond donors (Lipinski definition) is 0. The van der Waals surface area contributed by atoms with Crippen molar-refractivity contribution in [3.05, 3.63) is 65.6 Å². The highest BCUT2D eigenvalue weighted by Crippen LogP contribution is 2.37. The largest absolute Gasteiger partial charge is 0.286 e. The van der Waals surface area contributed by atoms with Gasteiger partial charge in [-0.1, -0.05) is 28.8 Å². The molecule has 0 aliphatic carbocycles. The number of quaternary nitrogens is 1. The summed E-state index contributed by atoms with van der Waals surface area (Å²) in [5.41, 5.74) is 1.43. The third-order valence-electron chi connectivity index (χ3n) is 3.59. The molecule has 3 rings (SSSR count). The summed E-state index contributed by atoms with van der Waals surface area (Å²) >= 11 is 5.88. The lowest BCUT2D eigenvalue weighted by Crippen LogP contribution is -2.31. The van der Waals surface area contributed by atoms with Crippen LogP contribution in [0.1, 0.15) is 0 Å². The molecule has 0 saturated carbocycles. The van der Waals surface area contributed by atoms with Gasteiger partial charge >= 0.3 is 0 Å². The Bertz CT molecular complexity index is 800.